The van der Waals surface area contributed by atoms with Crippen LogP contribution in [0, 0.1) is 40.5 Å². The molecule has 0 radical (unpaired) electrons. The van der Waals surface area contributed by atoms with Gasteiger partial charge < -0.3 is 9.84 Å². The third kappa shape index (κ3) is 3.60. The molecular formula is C24H30O3. The third-order valence-electron chi connectivity index (χ3n) is 5.75. The Labute approximate surface area is 162 Å². The highest BCUT2D eigenvalue weighted by molar-refractivity contribution is 6.03. The van der Waals surface area contributed by atoms with Gasteiger partial charge in [0.15, 0.2) is 5.78 Å². The van der Waals surface area contributed by atoms with E-state index in [1.54, 1.807) is 6.07 Å². The van der Waals surface area contributed by atoms with Crippen molar-refractivity contribution in [3.05, 3.63) is 51.1 Å². The molecule has 1 aliphatic carbocycles. The molecule has 2 aromatic carbocycles. The van der Waals surface area contributed by atoms with Crippen molar-refractivity contribution in [2.24, 2.45) is 5.92 Å². The Kier molecular flexibility index (Phi) is 5.32. The SMILES string of the molecule is CCCc1cc(C)c(C(=O)C2CC2)c(Oc2c(C)cc(O)c(C)c2C)c1C. The molecule has 1 aliphatic rings. The molecule has 1 fully saturated rings. The summed E-state index contributed by atoms with van der Waals surface area (Å²) in [5.74, 6) is 2.07. The monoisotopic (exact) mass is 366 g/mol. The molecule has 0 amide bonds. The predicted octanol–water partition coefficient (Wildman–Crippen LogP) is 6.27. The summed E-state index contributed by atoms with van der Waals surface area (Å²) in [4.78, 5) is 13.0. The largest absolute Gasteiger partial charge is 0.508 e. The van der Waals surface area contributed by atoms with Gasteiger partial charge in [0.1, 0.15) is 17.2 Å². The van der Waals surface area contributed by atoms with Gasteiger partial charge in [-0.15, -0.1) is 0 Å². The lowest BCUT2D eigenvalue weighted by atomic mass is 9.92. The molecule has 0 saturated heterocycles. The number of Topliss-reactive ketones (excluding diaryl/α,β-unsaturated/α-hetero) is 1. The highest BCUT2D eigenvalue weighted by Gasteiger charge is 2.34. The first-order valence-electron chi connectivity index (χ1n) is 9.91. The van der Waals surface area contributed by atoms with Crippen molar-refractivity contribution in [3.8, 4) is 17.2 Å². The molecule has 0 spiro atoms. The van der Waals surface area contributed by atoms with Gasteiger partial charge in [-0.05, 0) is 93.3 Å². The van der Waals surface area contributed by atoms with Crippen molar-refractivity contribution < 1.29 is 14.6 Å². The van der Waals surface area contributed by atoms with Gasteiger partial charge >= 0.3 is 0 Å². The summed E-state index contributed by atoms with van der Waals surface area (Å²) < 4.78 is 6.47. The second-order valence-electron chi connectivity index (χ2n) is 7.96. The van der Waals surface area contributed by atoms with Crippen molar-refractivity contribution in [3.63, 3.8) is 0 Å². The number of hydrogen-bond acceptors (Lipinski definition) is 3. The summed E-state index contributed by atoms with van der Waals surface area (Å²) >= 11 is 0. The van der Waals surface area contributed by atoms with Crippen LogP contribution < -0.4 is 4.74 Å². The third-order valence-corrected chi connectivity index (χ3v) is 5.75. The molecule has 3 rings (SSSR count). The standard InChI is InChI=1S/C24H30O3/c1-7-8-19-11-13(2)21(22(26)18-9-10-18)24(17(19)6)27-23-14(3)12-20(25)15(4)16(23)5/h11-12,18,25H,7-10H2,1-6H3. The van der Waals surface area contributed by atoms with E-state index < -0.39 is 0 Å². The Morgan fingerprint density at radius 2 is 1.67 bits per heavy atom. The van der Waals surface area contributed by atoms with E-state index in [1.807, 2.05) is 27.7 Å². The second kappa shape index (κ2) is 7.38. The molecule has 0 heterocycles. The van der Waals surface area contributed by atoms with Crippen molar-refractivity contribution in [2.75, 3.05) is 0 Å². The Bertz CT molecular complexity index is 905. The molecule has 1 saturated carbocycles. The van der Waals surface area contributed by atoms with E-state index in [0.717, 1.165) is 64.8 Å². The molecule has 0 unspecified atom stereocenters. The van der Waals surface area contributed by atoms with Gasteiger partial charge in [-0.25, -0.2) is 0 Å². The molecule has 0 aromatic heterocycles. The zero-order valence-corrected chi connectivity index (χ0v) is 17.3. The van der Waals surface area contributed by atoms with Crippen LogP contribution >= 0.6 is 0 Å². The topological polar surface area (TPSA) is 46.5 Å². The minimum absolute atomic E-state index is 0.145. The maximum Gasteiger partial charge on any atom is 0.169 e. The first kappa shape index (κ1) is 19.5. The first-order valence-corrected chi connectivity index (χ1v) is 9.91. The van der Waals surface area contributed by atoms with Crippen molar-refractivity contribution >= 4 is 5.78 Å². The molecule has 3 heteroatoms. The van der Waals surface area contributed by atoms with Crippen LogP contribution in [0.25, 0.3) is 0 Å². The van der Waals surface area contributed by atoms with Crippen LogP contribution in [-0.2, 0) is 6.42 Å². The molecule has 0 atom stereocenters. The molecule has 1 N–H and O–H groups in total. The van der Waals surface area contributed by atoms with Crippen LogP contribution in [0.15, 0.2) is 12.1 Å². The Balaban J connectivity index is 2.19. The quantitative estimate of drug-likeness (QED) is 0.613. The van der Waals surface area contributed by atoms with Crippen LogP contribution in [0.2, 0.25) is 0 Å². The summed E-state index contributed by atoms with van der Waals surface area (Å²) in [7, 11) is 0. The second-order valence-corrected chi connectivity index (χ2v) is 7.96. The van der Waals surface area contributed by atoms with Crippen molar-refractivity contribution in [2.45, 2.75) is 67.2 Å². The molecule has 144 valence electrons. The van der Waals surface area contributed by atoms with E-state index in [2.05, 4.69) is 19.9 Å². The van der Waals surface area contributed by atoms with E-state index in [1.165, 1.54) is 5.56 Å². The molecular weight excluding hydrogens is 336 g/mol. The minimum atomic E-state index is 0.145. The van der Waals surface area contributed by atoms with Crippen LogP contribution in [0.1, 0.15) is 69.9 Å². The first-order chi connectivity index (χ1) is 12.8. The number of hydrogen-bond donors (Lipinski definition) is 1. The number of carbonyl (C=O) groups excluding carboxylic acids is 1. The fourth-order valence-corrected chi connectivity index (χ4v) is 3.76. The van der Waals surface area contributed by atoms with Gasteiger partial charge in [-0.1, -0.05) is 19.4 Å². The van der Waals surface area contributed by atoms with E-state index in [0.29, 0.717) is 5.75 Å². The van der Waals surface area contributed by atoms with Gasteiger partial charge in [0, 0.05) is 5.92 Å². The maximum atomic E-state index is 13.0. The summed E-state index contributed by atoms with van der Waals surface area (Å²) in [5, 5.41) is 10.1. The number of ketones is 1. The van der Waals surface area contributed by atoms with Gasteiger partial charge in [0.05, 0.1) is 5.56 Å². The number of carbonyl (C=O) groups is 1. The van der Waals surface area contributed by atoms with Crippen LogP contribution in [0.5, 0.6) is 17.2 Å². The number of aromatic hydroxyl groups is 1. The minimum Gasteiger partial charge on any atom is -0.508 e. The zero-order valence-electron chi connectivity index (χ0n) is 17.3. The normalized spacial score (nSPS) is 13.7. The number of phenolic OH excluding ortho intramolecular Hbond substituents is 1. The Hall–Kier alpha value is -2.29. The number of aryl methyl sites for hydroxylation is 3. The lowest BCUT2D eigenvalue weighted by Crippen LogP contribution is -2.10. The Morgan fingerprint density at radius 3 is 2.26 bits per heavy atom. The van der Waals surface area contributed by atoms with Crippen LogP contribution in [0.3, 0.4) is 0 Å². The lowest BCUT2D eigenvalue weighted by Gasteiger charge is -2.21. The van der Waals surface area contributed by atoms with Gasteiger partial charge in [0.25, 0.3) is 0 Å². The average Bonchev–Trinajstić information content (AvgIpc) is 3.45. The molecule has 27 heavy (non-hydrogen) atoms. The smallest absolute Gasteiger partial charge is 0.169 e. The number of benzene rings is 2. The average molecular weight is 367 g/mol. The number of ether oxygens (including phenoxy) is 1. The summed E-state index contributed by atoms with van der Waals surface area (Å²) in [6.07, 6.45) is 3.97. The summed E-state index contributed by atoms with van der Waals surface area (Å²) in [6, 6.07) is 3.89. The fraction of sp³-hybridized carbons (Fsp3) is 0.458. The highest BCUT2D eigenvalue weighted by atomic mass is 16.5. The van der Waals surface area contributed by atoms with E-state index in [4.69, 9.17) is 4.74 Å². The van der Waals surface area contributed by atoms with Crippen LogP contribution in [0.4, 0.5) is 0 Å². The molecule has 0 bridgehead atoms. The molecule has 2 aromatic rings. The van der Waals surface area contributed by atoms with Gasteiger partial charge in [-0.3, -0.25) is 4.79 Å². The Morgan fingerprint density at radius 1 is 1.00 bits per heavy atom. The maximum absolute atomic E-state index is 13.0. The molecule has 0 aliphatic heterocycles. The summed E-state index contributed by atoms with van der Waals surface area (Å²) in [5.41, 5.74) is 6.62. The van der Waals surface area contributed by atoms with Crippen molar-refractivity contribution in [1.29, 1.82) is 0 Å². The highest BCUT2D eigenvalue weighted by Crippen LogP contribution is 2.43. The van der Waals surface area contributed by atoms with E-state index in [9.17, 15) is 9.90 Å². The number of rotatable bonds is 6. The zero-order chi connectivity index (χ0) is 19.9. The van der Waals surface area contributed by atoms with E-state index in [-0.39, 0.29) is 17.5 Å². The van der Waals surface area contributed by atoms with E-state index >= 15 is 0 Å². The predicted molar refractivity (Wildman–Crippen MR) is 109 cm³/mol. The van der Waals surface area contributed by atoms with Gasteiger partial charge in [-0.2, -0.15) is 0 Å². The number of phenols is 1. The van der Waals surface area contributed by atoms with Crippen LogP contribution in [-0.4, -0.2) is 10.9 Å². The van der Waals surface area contributed by atoms with Gasteiger partial charge in [0.2, 0.25) is 0 Å². The fourth-order valence-electron chi connectivity index (χ4n) is 3.76. The summed E-state index contributed by atoms with van der Waals surface area (Å²) in [6.45, 7) is 12.0. The van der Waals surface area contributed by atoms with Crippen molar-refractivity contribution in [1.82, 2.24) is 0 Å². The molecule has 3 nitrogen and oxygen atoms in total. The lowest BCUT2D eigenvalue weighted by molar-refractivity contribution is 0.0964.